The fourth-order valence-electron chi connectivity index (χ4n) is 2.52. The van der Waals surface area contributed by atoms with E-state index in [1.54, 1.807) is 17.7 Å². The third-order valence-electron chi connectivity index (χ3n) is 3.72. The predicted octanol–water partition coefficient (Wildman–Crippen LogP) is 3.24. The monoisotopic (exact) mass is 363 g/mol. The molecule has 1 aromatic carbocycles. The first-order chi connectivity index (χ1) is 12.2. The summed E-state index contributed by atoms with van der Waals surface area (Å²) in [5, 5.41) is 10.3. The van der Waals surface area contributed by atoms with Crippen LogP contribution in [0.15, 0.2) is 42.5 Å². The minimum absolute atomic E-state index is 0.192. The van der Waals surface area contributed by atoms with Crippen molar-refractivity contribution >= 4 is 11.7 Å². The lowest BCUT2D eigenvalue weighted by atomic mass is 10.2. The summed E-state index contributed by atoms with van der Waals surface area (Å²) in [4.78, 5) is 12.4. The second-order valence-electron chi connectivity index (χ2n) is 5.80. The number of halogens is 3. The van der Waals surface area contributed by atoms with Crippen LogP contribution in [0.1, 0.15) is 27.4 Å². The largest absolute Gasteiger partial charge is 0.435 e. The Balaban J connectivity index is 1.83. The lowest BCUT2D eigenvalue weighted by Crippen LogP contribution is -2.19. The van der Waals surface area contributed by atoms with Gasteiger partial charge in [-0.1, -0.05) is 30.3 Å². The van der Waals surface area contributed by atoms with Gasteiger partial charge in [0.1, 0.15) is 11.5 Å². The molecule has 3 rings (SSSR count). The fourth-order valence-corrected chi connectivity index (χ4v) is 2.52. The van der Waals surface area contributed by atoms with E-state index in [0.29, 0.717) is 18.1 Å². The van der Waals surface area contributed by atoms with Gasteiger partial charge in [-0.15, -0.1) is 0 Å². The summed E-state index contributed by atoms with van der Waals surface area (Å²) in [5.41, 5.74) is 0.352. The summed E-state index contributed by atoms with van der Waals surface area (Å²) in [6.07, 6.45) is -4.61. The number of alkyl halides is 3. The summed E-state index contributed by atoms with van der Waals surface area (Å²) >= 11 is 0. The normalized spacial score (nSPS) is 11.6. The highest BCUT2D eigenvalue weighted by Crippen LogP contribution is 2.28. The van der Waals surface area contributed by atoms with Gasteiger partial charge in [0.2, 0.25) is 0 Å². The third-order valence-corrected chi connectivity index (χ3v) is 3.72. The van der Waals surface area contributed by atoms with Gasteiger partial charge < -0.3 is 5.32 Å². The molecule has 0 saturated carbocycles. The van der Waals surface area contributed by atoms with E-state index >= 15 is 0 Å². The molecule has 2 aromatic heterocycles. The summed E-state index contributed by atoms with van der Waals surface area (Å²) in [6, 6.07) is 11.9. The van der Waals surface area contributed by atoms with Crippen LogP contribution >= 0.6 is 0 Å². The number of anilines is 1. The van der Waals surface area contributed by atoms with Crippen LogP contribution in [0.2, 0.25) is 0 Å². The van der Waals surface area contributed by atoms with Gasteiger partial charge >= 0.3 is 6.18 Å². The molecule has 0 atom stereocenters. The van der Waals surface area contributed by atoms with E-state index in [1.165, 1.54) is 7.05 Å². The van der Waals surface area contributed by atoms with Gasteiger partial charge in [-0.3, -0.25) is 9.48 Å². The summed E-state index contributed by atoms with van der Waals surface area (Å²) < 4.78 is 40.8. The molecule has 0 aliphatic rings. The van der Waals surface area contributed by atoms with Crippen LogP contribution in [0.3, 0.4) is 0 Å². The molecule has 1 amide bonds. The topological polar surface area (TPSA) is 64.7 Å². The average molecular weight is 363 g/mol. The molecule has 136 valence electrons. The van der Waals surface area contributed by atoms with E-state index in [9.17, 15) is 18.0 Å². The minimum atomic E-state index is -4.61. The highest BCUT2D eigenvalue weighted by Gasteiger charge is 2.35. The molecule has 9 heteroatoms. The molecule has 0 aliphatic carbocycles. The molecule has 0 aliphatic heterocycles. The quantitative estimate of drug-likeness (QED) is 0.774. The Labute approximate surface area is 147 Å². The van der Waals surface area contributed by atoms with Crippen molar-refractivity contribution in [1.82, 2.24) is 19.6 Å². The van der Waals surface area contributed by atoms with Crippen molar-refractivity contribution in [2.45, 2.75) is 19.6 Å². The number of rotatable bonds is 4. The molecule has 0 saturated heterocycles. The van der Waals surface area contributed by atoms with Gasteiger partial charge in [0, 0.05) is 19.2 Å². The highest BCUT2D eigenvalue weighted by molar-refractivity contribution is 6.02. The van der Waals surface area contributed by atoms with Crippen molar-refractivity contribution in [3.63, 3.8) is 0 Å². The fraction of sp³-hybridized carbons (Fsp3) is 0.235. The maximum absolute atomic E-state index is 12.8. The van der Waals surface area contributed by atoms with Crippen LogP contribution in [0.5, 0.6) is 0 Å². The molecule has 1 N–H and O–H groups in total. The Hall–Kier alpha value is -3.10. The molecule has 0 unspecified atom stereocenters. The number of benzene rings is 1. The van der Waals surface area contributed by atoms with Gasteiger partial charge in [0.25, 0.3) is 5.91 Å². The van der Waals surface area contributed by atoms with Crippen molar-refractivity contribution in [3.8, 4) is 0 Å². The van der Waals surface area contributed by atoms with Crippen LogP contribution in [0, 0.1) is 6.92 Å². The van der Waals surface area contributed by atoms with Crippen molar-refractivity contribution in [2.24, 2.45) is 7.05 Å². The predicted molar refractivity (Wildman–Crippen MR) is 88.7 cm³/mol. The first kappa shape index (κ1) is 17.7. The first-order valence-corrected chi connectivity index (χ1v) is 7.75. The van der Waals surface area contributed by atoms with E-state index < -0.39 is 17.8 Å². The zero-order chi connectivity index (χ0) is 18.9. The Morgan fingerprint density at radius 3 is 2.46 bits per heavy atom. The van der Waals surface area contributed by atoms with Crippen LogP contribution in [0.25, 0.3) is 0 Å². The number of nitrogens with zero attached hydrogens (tertiary/aromatic N) is 4. The lowest BCUT2D eigenvalue weighted by Gasteiger charge is -2.09. The van der Waals surface area contributed by atoms with Crippen LogP contribution in [-0.4, -0.2) is 25.5 Å². The number of nitrogens with one attached hydrogen (secondary N) is 1. The average Bonchev–Trinajstić information content (AvgIpc) is 3.11. The molecule has 26 heavy (non-hydrogen) atoms. The summed E-state index contributed by atoms with van der Waals surface area (Å²) in [5.74, 6) is -0.296. The summed E-state index contributed by atoms with van der Waals surface area (Å²) in [7, 11) is 1.29. The molecule has 0 radical (unpaired) electrons. The second kappa shape index (κ2) is 6.66. The minimum Gasteiger partial charge on any atom is -0.305 e. The molecule has 0 bridgehead atoms. The zero-order valence-corrected chi connectivity index (χ0v) is 14.1. The molecule has 3 aromatic rings. The Morgan fingerprint density at radius 1 is 1.15 bits per heavy atom. The maximum Gasteiger partial charge on any atom is 0.435 e. The first-order valence-electron chi connectivity index (χ1n) is 7.75. The van der Waals surface area contributed by atoms with Crippen molar-refractivity contribution < 1.29 is 18.0 Å². The molecule has 0 spiro atoms. The van der Waals surface area contributed by atoms with E-state index in [2.05, 4.69) is 15.5 Å². The number of aromatic nitrogens is 4. The number of aryl methyl sites for hydroxylation is 2. The van der Waals surface area contributed by atoms with Crippen molar-refractivity contribution in [2.75, 3.05) is 5.32 Å². The molecular weight excluding hydrogens is 347 g/mol. The van der Waals surface area contributed by atoms with Gasteiger partial charge in [-0.2, -0.15) is 23.4 Å². The number of hydrogen-bond donors (Lipinski definition) is 1. The molecule has 6 nitrogen and oxygen atoms in total. The molecule has 2 heterocycles. The van der Waals surface area contributed by atoms with E-state index in [1.807, 2.05) is 30.3 Å². The smallest absolute Gasteiger partial charge is 0.305 e. The van der Waals surface area contributed by atoms with Crippen molar-refractivity contribution in [3.05, 3.63) is 65.1 Å². The third kappa shape index (κ3) is 3.76. The van der Waals surface area contributed by atoms with Gasteiger partial charge in [-0.05, 0) is 12.5 Å². The Kier molecular flexibility index (Phi) is 4.54. The SMILES string of the molecule is Cc1cc(NC(=O)c2cc(C(F)(F)F)nn2C)n(Cc2ccccc2)n1. The zero-order valence-electron chi connectivity index (χ0n) is 14.1. The number of amides is 1. The van der Waals surface area contributed by atoms with Gasteiger partial charge in [0.05, 0.1) is 12.2 Å². The molecular formula is C17H16F3N5O. The van der Waals surface area contributed by atoms with Crippen LogP contribution < -0.4 is 5.32 Å². The van der Waals surface area contributed by atoms with E-state index in [-0.39, 0.29) is 5.69 Å². The van der Waals surface area contributed by atoms with Crippen LogP contribution in [0.4, 0.5) is 19.0 Å². The lowest BCUT2D eigenvalue weighted by molar-refractivity contribution is -0.141. The van der Waals surface area contributed by atoms with Gasteiger partial charge in [0.15, 0.2) is 5.69 Å². The van der Waals surface area contributed by atoms with E-state index in [0.717, 1.165) is 16.3 Å². The standard InChI is InChI=1S/C17H16F3N5O/c1-11-8-15(25(22-11)10-12-6-4-3-5-7-12)21-16(26)13-9-14(17(18,19)20)23-24(13)2/h3-9H,10H2,1-2H3,(H,21,26). The summed E-state index contributed by atoms with van der Waals surface area (Å²) in [6.45, 7) is 2.19. The Bertz CT molecular complexity index is 928. The van der Waals surface area contributed by atoms with Crippen molar-refractivity contribution in [1.29, 1.82) is 0 Å². The van der Waals surface area contributed by atoms with E-state index in [4.69, 9.17) is 0 Å². The van der Waals surface area contributed by atoms with Crippen LogP contribution in [-0.2, 0) is 19.8 Å². The van der Waals surface area contributed by atoms with Gasteiger partial charge in [-0.25, -0.2) is 4.68 Å². The highest BCUT2D eigenvalue weighted by atomic mass is 19.4. The maximum atomic E-state index is 12.8. The molecule has 0 fully saturated rings. The number of carbonyl (C=O) groups is 1. The number of hydrogen-bond acceptors (Lipinski definition) is 3. The Morgan fingerprint density at radius 2 is 1.85 bits per heavy atom. The second-order valence-corrected chi connectivity index (χ2v) is 5.80. The number of carbonyl (C=O) groups excluding carboxylic acids is 1.